The normalized spacial score (nSPS) is 18.1. The Labute approximate surface area is 187 Å². The van der Waals surface area contributed by atoms with Crippen LogP contribution >= 0.6 is 22.7 Å². The molecule has 0 saturated carbocycles. The van der Waals surface area contributed by atoms with Crippen molar-refractivity contribution in [2.75, 3.05) is 19.5 Å². The van der Waals surface area contributed by atoms with E-state index in [2.05, 4.69) is 10.3 Å². The van der Waals surface area contributed by atoms with Crippen molar-refractivity contribution in [3.05, 3.63) is 76.0 Å². The third-order valence-corrected chi connectivity index (χ3v) is 7.40. The fraction of sp³-hybridized carbons (Fsp3) is 0.174. The van der Waals surface area contributed by atoms with Crippen molar-refractivity contribution in [2.24, 2.45) is 0 Å². The lowest BCUT2D eigenvalue weighted by molar-refractivity contribution is -0.119. The van der Waals surface area contributed by atoms with Gasteiger partial charge in [0, 0.05) is 17.5 Å². The maximum Gasteiger partial charge on any atom is 0.254 e. The number of ether oxygens (including phenoxy) is 1. The number of aromatic nitrogens is 1. The van der Waals surface area contributed by atoms with Crippen LogP contribution in [0.15, 0.2) is 60.0 Å². The van der Waals surface area contributed by atoms with Crippen molar-refractivity contribution in [3.63, 3.8) is 0 Å². The Balaban J connectivity index is 1.55. The number of thiazole rings is 1. The molecule has 5 rings (SSSR count). The molecule has 0 fully saturated rings. The molecule has 0 aliphatic carbocycles. The average Bonchev–Trinajstić information content (AvgIpc) is 3.44. The SMILES string of the molecule is COc1ccc2nc(NC(=O)[C@H]3c4ccccc4C(=O)N(C)[C@@H]3c3cccs3)sc2c1. The number of thiophene rings is 1. The Kier molecular flexibility index (Phi) is 4.95. The van der Waals surface area contributed by atoms with E-state index >= 15 is 0 Å². The largest absolute Gasteiger partial charge is 0.497 e. The molecule has 2 aromatic heterocycles. The van der Waals surface area contributed by atoms with Gasteiger partial charge >= 0.3 is 0 Å². The standard InChI is InChI=1S/C23H19N3O3S2/c1-26-20(17-8-5-11-30-17)19(14-6-3-4-7-15(14)22(26)28)21(27)25-23-24-16-10-9-13(29-2)12-18(16)31-23/h3-12,19-20H,1-2H3,(H,24,25,27)/t19-,20+/m0/s1. The highest BCUT2D eigenvalue weighted by molar-refractivity contribution is 7.22. The monoisotopic (exact) mass is 449 g/mol. The highest BCUT2D eigenvalue weighted by Gasteiger charge is 2.43. The Morgan fingerprint density at radius 3 is 2.77 bits per heavy atom. The Bertz CT molecular complexity index is 1280. The third kappa shape index (κ3) is 3.37. The molecule has 2 atom stereocenters. The van der Waals surface area contributed by atoms with Gasteiger partial charge in [0.15, 0.2) is 5.13 Å². The Morgan fingerprint density at radius 2 is 2.00 bits per heavy atom. The number of fused-ring (bicyclic) bond motifs is 2. The van der Waals surface area contributed by atoms with E-state index in [-0.39, 0.29) is 17.9 Å². The molecule has 0 spiro atoms. The molecule has 1 N–H and O–H groups in total. The first kappa shape index (κ1) is 19.7. The van der Waals surface area contributed by atoms with Crippen LogP contribution in [0.5, 0.6) is 5.75 Å². The molecule has 2 amide bonds. The zero-order chi connectivity index (χ0) is 21.5. The summed E-state index contributed by atoms with van der Waals surface area (Å²) in [6.07, 6.45) is 0. The number of hydrogen-bond acceptors (Lipinski definition) is 6. The summed E-state index contributed by atoms with van der Waals surface area (Å²) in [6, 6.07) is 16.5. The molecule has 6 nitrogen and oxygen atoms in total. The summed E-state index contributed by atoms with van der Waals surface area (Å²) in [6.45, 7) is 0. The van der Waals surface area contributed by atoms with Crippen LogP contribution in [-0.2, 0) is 4.79 Å². The minimum absolute atomic E-state index is 0.0786. The van der Waals surface area contributed by atoms with Crippen LogP contribution in [0.25, 0.3) is 10.2 Å². The summed E-state index contributed by atoms with van der Waals surface area (Å²) in [7, 11) is 3.38. The molecule has 0 unspecified atom stereocenters. The Hall–Kier alpha value is -3.23. The summed E-state index contributed by atoms with van der Waals surface area (Å²) in [5, 5.41) is 5.49. The minimum atomic E-state index is -0.543. The molecular formula is C23H19N3O3S2. The fourth-order valence-corrected chi connectivity index (χ4v) is 5.84. The highest BCUT2D eigenvalue weighted by Crippen LogP contribution is 2.44. The number of hydrogen-bond donors (Lipinski definition) is 1. The molecule has 0 radical (unpaired) electrons. The van der Waals surface area contributed by atoms with Gasteiger partial charge in [-0.05, 0) is 41.3 Å². The van der Waals surface area contributed by atoms with E-state index in [1.54, 1.807) is 36.5 Å². The molecule has 2 aromatic carbocycles. The van der Waals surface area contributed by atoms with Crippen LogP contribution in [0.2, 0.25) is 0 Å². The lowest BCUT2D eigenvalue weighted by Gasteiger charge is -2.38. The van der Waals surface area contributed by atoms with Crippen LogP contribution in [0.4, 0.5) is 5.13 Å². The molecule has 0 bridgehead atoms. The Morgan fingerprint density at radius 1 is 1.16 bits per heavy atom. The zero-order valence-corrected chi connectivity index (χ0v) is 18.5. The second-order valence-electron chi connectivity index (χ2n) is 7.28. The number of nitrogens with zero attached hydrogens (tertiary/aromatic N) is 2. The molecule has 156 valence electrons. The zero-order valence-electron chi connectivity index (χ0n) is 16.9. The summed E-state index contributed by atoms with van der Waals surface area (Å²) < 4.78 is 6.21. The first-order chi connectivity index (χ1) is 15.1. The first-order valence-electron chi connectivity index (χ1n) is 9.72. The first-order valence-corrected chi connectivity index (χ1v) is 11.4. The van der Waals surface area contributed by atoms with E-state index in [4.69, 9.17) is 4.74 Å². The molecular weight excluding hydrogens is 430 g/mol. The van der Waals surface area contributed by atoms with E-state index in [0.717, 1.165) is 26.4 Å². The quantitative estimate of drug-likeness (QED) is 0.480. The fourth-order valence-electron chi connectivity index (χ4n) is 4.04. The van der Waals surface area contributed by atoms with Gasteiger partial charge in [0.1, 0.15) is 5.75 Å². The topological polar surface area (TPSA) is 71.5 Å². The maximum absolute atomic E-state index is 13.6. The van der Waals surface area contributed by atoms with Gasteiger partial charge < -0.3 is 15.0 Å². The van der Waals surface area contributed by atoms with Crippen molar-refractivity contribution in [1.29, 1.82) is 0 Å². The summed E-state index contributed by atoms with van der Waals surface area (Å²) in [4.78, 5) is 33.8. The van der Waals surface area contributed by atoms with Gasteiger partial charge in [-0.3, -0.25) is 9.59 Å². The summed E-state index contributed by atoms with van der Waals surface area (Å²) in [5.41, 5.74) is 2.10. The number of methoxy groups -OCH3 is 1. The molecule has 3 heterocycles. The number of anilines is 1. The van der Waals surface area contributed by atoms with Gasteiger partial charge in [-0.1, -0.05) is 35.6 Å². The third-order valence-electron chi connectivity index (χ3n) is 5.52. The predicted octanol–water partition coefficient (Wildman–Crippen LogP) is 4.92. The summed E-state index contributed by atoms with van der Waals surface area (Å²) in [5.74, 6) is -0.0615. The molecule has 31 heavy (non-hydrogen) atoms. The molecule has 1 aliphatic heterocycles. The van der Waals surface area contributed by atoms with Crippen LogP contribution in [0.3, 0.4) is 0 Å². The second-order valence-corrected chi connectivity index (χ2v) is 9.29. The number of benzene rings is 2. The van der Waals surface area contributed by atoms with Crippen molar-refractivity contribution in [1.82, 2.24) is 9.88 Å². The van der Waals surface area contributed by atoms with Gasteiger partial charge in [-0.15, -0.1) is 11.3 Å². The van der Waals surface area contributed by atoms with Gasteiger partial charge in [-0.25, -0.2) is 4.98 Å². The number of nitrogens with one attached hydrogen (secondary N) is 1. The number of rotatable bonds is 4. The van der Waals surface area contributed by atoms with Gasteiger partial charge in [-0.2, -0.15) is 0 Å². The molecule has 1 aliphatic rings. The van der Waals surface area contributed by atoms with Crippen LogP contribution in [0.1, 0.15) is 32.8 Å². The highest BCUT2D eigenvalue weighted by atomic mass is 32.1. The molecule has 0 saturated heterocycles. The van der Waals surface area contributed by atoms with Crippen molar-refractivity contribution < 1.29 is 14.3 Å². The lowest BCUT2D eigenvalue weighted by Crippen LogP contribution is -2.43. The van der Waals surface area contributed by atoms with E-state index in [1.807, 2.05) is 53.9 Å². The maximum atomic E-state index is 13.6. The van der Waals surface area contributed by atoms with Crippen LogP contribution < -0.4 is 10.1 Å². The van der Waals surface area contributed by atoms with Crippen LogP contribution in [-0.4, -0.2) is 35.9 Å². The average molecular weight is 450 g/mol. The van der Waals surface area contributed by atoms with Gasteiger partial charge in [0.2, 0.25) is 5.91 Å². The molecule has 8 heteroatoms. The van der Waals surface area contributed by atoms with E-state index in [0.29, 0.717) is 10.7 Å². The second kappa shape index (κ2) is 7.79. The predicted molar refractivity (Wildman–Crippen MR) is 123 cm³/mol. The molecule has 4 aromatic rings. The number of amides is 2. The van der Waals surface area contributed by atoms with E-state index < -0.39 is 5.92 Å². The van der Waals surface area contributed by atoms with E-state index in [1.165, 1.54) is 11.3 Å². The van der Waals surface area contributed by atoms with E-state index in [9.17, 15) is 9.59 Å². The van der Waals surface area contributed by atoms with Crippen molar-refractivity contribution in [3.8, 4) is 5.75 Å². The minimum Gasteiger partial charge on any atom is -0.497 e. The van der Waals surface area contributed by atoms with Crippen molar-refractivity contribution in [2.45, 2.75) is 12.0 Å². The summed E-state index contributed by atoms with van der Waals surface area (Å²) >= 11 is 2.94. The van der Waals surface area contributed by atoms with Gasteiger partial charge in [0.05, 0.1) is 29.3 Å². The number of carbonyl (C=O) groups excluding carboxylic acids is 2. The lowest BCUT2D eigenvalue weighted by atomic mass is 9.82. The number of carbonyl (C=O) groups is 2. The van der Waals surface area contributed by atoms with Gasteiger partial charge in [0.25, 0.3) is 5.91 Å². The van der Waals surface area contributed by atoms with Crippen molar-refractivity contribution >= 4 is 49.8 Å². The van der Waals surface area contributed by atoms with Crippen LogP contribution in [0, 0.1) is 0 Å². The number of likely N-dealkylation sites (N-methyl/N-ethyl adjacent to an activating group) is 1. The smallest absolute Gasteiger partial charge is 0.254 e.